The summed E-state index contributed by atoms with van der Waals surface area (Å²) in [6.45, 7) is 3.79. The topological polar surface area (TPSA) is 26.3 Å². The fraction of sp³-hybridized carbons (Fsp3) is 0.348. The van der Waals surface area contributed by atoms with E-state index in [1.165, 1.54) is 43.7 Å². The molecule has 0 aromatic heterocycles. The molecule has 1 saturated carbocycles. The van der Waals surface area contributed by atoms with E-state index in [0.717, 1.165) is 24.5 Å². The Morgan fingerprint density at radius 2 is 1.74 bits per heavy atom. The fourth-order valence-electron chi connectivity index (χ4n) is 3.74. The first kappa shape index (κ1) is 19.3. The van der Waals surface area contributed by atoms with Crippen molar-refractivity contribution in [2.45, 2.75) is 44.4 Å². The highest BCUT2D eigenvalue weighted by Gasteiger charge is 2.22. The molecule has 0 radical (unpaired) electrons. The smallest absolute Gasteiger partial charge is 0.343 e. The van der Waals surface area contributed by atoms with Crippen LogP contribution in [0, 0.1) is 17.6 Å². The van der Waals surface area contributed by atoms with E-state index in [9.17, 15) is 13.6 Å². The van der Waals surface area contributed by atoms with Crippen LogP contribution in [0.5, 0.6) is 5.75 Å². The molecule has 2 aromatic rings. The third-order valence-corrected chi connectivity index (χ3v) is 5.35. The Balaban J connectivity index is 1.57. The summed E-state index contributed by atoms with van der Waals surface area (Å²) in [5.74, 6) is -1.29. The van der Waals surface area contributed by atoms with Crippen molar-refractivity contribution in [1.82, 2.24) is 0 Å². The maximum Gasteiger partial charge on any atom is 0.343 e. The van der Waals surface area contributed by atoms with Gasteiger partial charge in [-0.25, -0.2) is 13.6 Å². The average Bonchev–Trinajstić information content (AvgIpc) is 2.70. The molecule has 142 valence electrons. The number of hydrogen-bond acceptors (Lipinski definition) is 2. The van der Waals surface area contributed by atoms with E-state index < -0.39 is 17.6 Å². The van der Waals surface area contributed by atoms with Crippen LogP contribution in [-0.4, -0.2) is 5.97 Å². The van der Waals surface area contributed by atoms with E-state index in [2.05, 4.69) is 6.58 Å². The normalized spacial score (nSPS) is 19.5. The number of halogens is 2. The molecular formula is C23H24F2O2. The molecule has 0 heterocycles. The quantitative estimate of drug-likeness (QED) is 0.333. The van der Waals surface area contributed by atoms with Gasteiger partial charge in [-0.15, -0.1) is 6.58 Å². The number of allylic oxidation sites excluding steroid dienone is 1. The van der Waals surface area contributed by atoms with Crippen LogP contribution in [0.3, 0.4) is 0 Å². The maximum absolute atomic E-state index is 13.2. The predicted octanol–water partition coefficient (Wildman–Crippen LogP) is 6.42. The summed E-state index contributed by atoms with van der Waals surface area (Å²) >= 11 is 0. The Kier molecular flexibility index (Phi) is 6.38. The summed E-state index contributed by atoms with van der Waals surface area (Å²) in [6.07, 6.45) is 9.11. The van der Waals surface area contributed by atoms with Gasteiger partial charge in [0.2, 0.25) is 0 Å². The molecule has 0 aliphatic heterocycles. The Bertz CT molecular complexity index is 791. The van der Waals surface area contributed by atoms with E-state index in [4.69, 9.17) is 4.74 Å². The molecule has 0 amide bonds. The molecule has 0 bridgehead atoms. The molecule has 27 heavy (non-hydrogen) atoms. The average molecular weight is 370 g/mol. The van der Waals surface area contributed by atoms with Crippen molar-refractivity contribution in [2.24, 2.45) is 5.92 Å². The molecular weight excluding hydrogens is 346 g/mol. The number of carbonyl (C=O) groups is 1. The van der Waals surface area contributed by atoms with E-state index in [1.54, 1.807) is 12.1 Å². The lowest BCUT2D eigenvalue weighted by Crippen LogP contribution is -2.14. The van der Waals surface area contributed by atoms with Gasteiger partial charge in [0.15, 0.2) is 11.6 Å². The molecule has 2 aromatic carbocycles. The minimum Gasteiger partial charge on any atom is -0.423 e. The van der Waals surface area contributed by atoms with Crippen molar-refractivity contribution < 1.29 is 18.3 Å². The number of esters is 1. The summed E-state index contributed by atoms with van der Waals surface area (Å²) < 4.78 is 31.3. The van der Waals surface area contributed by atoms with E-state index in [-0.39, 0.29) is 5.75 Å². The zero-order chi connectivity index (χ0) is 19.2. The second-order valence-electron chi connectivity index (χ2n) is 7.17. The minimum absolute atomic E-state index is 0.0131. The second-order valence-corrected chi connectivity index (χ2v) is 7.17. The van der Waals surface area contributed by atoms with Crippen LogP contribution in [-0.2, 0) is 0 Å². The number of rotatable bonds is 6. The van der Waals surface area contributed by atoms with E-state index in [0.29, 0.717) is 11.5 Å². The van der Waals surface area contributed by atoms with Crippen molar-refractivity contribution in [2.75, 3.05) is 0 Å². The predicted molar refractivity (Wildman–Crippen MR) is 102 cm³/mol. The van der Waals surface area contributed by atoms with Crippen molar-refractivity contribution >= 4 is 5.97 Å². The van der Waals surface area contributed by atoms with Gasteiger partial charge in [-0.3, -0.25) is 0 Å². The molecule has 2 nitrogen and oxygen atoms in total. The summed E-state index contributed by atoms with van der Waals surface area (Å²) in [4.78, 5) is 12.2. The molecule has 1 aliphatic rings. The SMILES string of the molecule is C=CCC[C@H]1CC[C@H](c2ccc(C(=O)Oc3ccc(F)c(F)c3)cc2)CC1. The maximum atomic E-state index is 13.2. The van der Waals surface area contributed by atoms with Crippen LogP contribution >= 0.6 is 0 Å². The van der Waals surface area contributed by atoms with Crippen LogP contribution < -0.4 is 4.74 Å². The zero-order valence-corrected chi connectivity index (χ0v) is 15.3. The highest BCUT2D eigenvalue weighted by Crippen LogP contribution is 2.37. The van der Waals surface area contributed by atoms with E-state index >= 15 is 0 Å². The van der Waals surface area contributed by atoms with Crippen LogP contribution in [0.1, 0.15) is 60.4 Å². The highest BCUT2D eigenvalue weighted by molar-refractivity contribution is 5.91. The number of benzene rings is 2. The van der Waals surface area contributed by atoms with Crippen LogP contribution in [0.15, 0.2) is 55.1 Å². The Hall–Kier alpha value is -2.49. The molecule has 4 heteroatoms. The van der Waals surface area contributed by atoms with Crippen LogP contribution in [0.25, 0.3) is 0 Å². The van der Waals surface area contributed by atoms with Crippen molar-refractivity contribution in [3.05, 3.63) is 77.9 Å². The second kappa shape index (κ2) is 8.94. The number of carbonyl (C=O) groups excluding carboxylic acids is 1. The molecule has 0 spiro atoms. The lowest BCUT2D eigenvalue weighted by Gasteiger charge is -2.28. The summed E-state index contributed by atoms with van der Waals surface area (Å²) in [6, 6.07) is 10.4. The first-order valence-electron chi connectivity index (χ1n) is 9.45. The number of hydrogen-bond donors (Lipinski definition) is 0. The first-order chi connectivity index (χ1) is 13.1. The summed E-state index contributed by atoms with van der Waals surface area (Å²) in [7, 11) is 0. The third-order valence-electron chi connectivity index (χ3n) is 5.35. The number of ether oxygens (including phenoxy) is 1. The van der Waals surface area contributed by atoms with Gasteiger partial charge in [0.05, 0.1) is 5.56 Å². The van der Waals surface area contributed by atoms with Gasteiger partial charge in [-0.1, -0.05) is 18.2 Å². The van der Waals surface area contributed by atoms with Gasteiger partial charge >= 0.3 is 5.97 Å². The monoisotopic (exact) mass is 370 g/mol. The fourth-order valence-corrected chi connectivity index (χ4v) is 3.74. The molecule has 1 aliphatic carbocycles. The third kappa shape index (κ3) is 5.03. The highest BCUT2D eigenvalue weighted by atomic mass is 19.2. The molecule has 0 saturated heterocycles. The van der Waals surface area contributed by atoms with Gasteiger partial charge in [-0.2, -0.15) is 0 Å². The molecule has 1 fully saturated rings. The van der Waals surface area contributed by atoms with Crippen molar-refractivity contribution in [3.63, 3.8) is 0 Å². The van der Waals surface area contributed by atoms with Crippen molar-refractivity contribution in [1.29, 1.82) is 0 Å². The van der Waals surface area contributed by atoms with Crippen molar-refractivity contribution in [3.8, 4) is 5.75 Å². The summed E-state index contributed by atoms with van der Waals surface area (Å²) in [5, 5.41) is 0. The standard InChI is InChI=1S/C23H24F2O2/c1-2-3-4-16-5-7-17(8-6-16)18-9-11-19(12-10-18)23(26)27-20-13-14-21(24)22(25)15-20/h2,9-17H,1,3-8H2/t16-,17-. The van der Waals surface area contributed by atoms with E-state index in [1.807, 2.05) is 18.2 Å². The van der Waals surface area contributed by atoms with Gasteiger partial charge in [0.1, 0.15) is 5.75 Å². The van der Waals surface area contributed by atoms with Crippen LogP contribution in [0.4, 0.5) is 8.78 Å². The Labute approximate surface area is 158 Å². The van der Waals surface area contributed by atoms with Gasteiger partial charge < -0.3 is 4.74 Å². The zero-order valence-electron chi connectivity index (χ0n) is 15.3. The molecule has 0 N–H and O–H groups in total. The Morgan fingerprint density at radius 3 is 2.37 bits per heavy atom. The van der Waals surface area contributed by atoms with Gasteiger partial charge in [0, 0.05) is 6.07 Å². The lowest BCUT2D eigenvalue weighted by molar-refractivity contribution is 0.0734. The molecule has 3 rings (SSSR count). The van der Waals surface area contributed by atoms with Crippen LogP contribution in [0.2, 0.25) is 0 Å². The largest absolute Gasteiger partial charge is 0.423 e. The minimum atomic E-state index is -1.04. The lowest BCUT2D eigenvalue weighted by atomic mass is 9.77. The first-order valence-corrected chi connectivity index (χ1v) is 9.45. The Morgan fingerprint density at radius 1 is 1.04 bits per heavy atom. The van der Waals surface area contributed by atoms with Gasteiger partial charge in [-0.05, 0) is 80.2 Å². The summed E-state index contributed by atoms with van der Waals surface area (Å²) in [5.41, 5.74) is 1.63. The molecule has 0 atom stereocenters. The van der Waals surface area contributed by atoms with Gasteiger partial charge in [0.25, 0.3) is 0 Å². The molecule has 0 unspecified atom stereocenters.